The number of aliphatic carboxylic acids is 1. The zero-order valence-corrected chi connectivity index (χ0v) is 15.9. The van der Waals surface area contributed by atoms with Crippen LogP contribution < -0.4 is 14.8 Å². The number of hydrogen-bond acceptors (Lipinski definition) is 8. The topological polar surface area (TPSA) is 111 Å². The first-order valence-electron chi connectivity index (χ1n) is 8.23. The molecule has 0 aliphatic carbocycles. The molecule has 10 heteroatoms. The molecule has 2 aromatic rings. The summed E-state index contributed by atoms with van der Waals surface area (Å²) in [7, 11) is 2.98. The van der Waals surface area contributed by atoms with E-state index in [2.05, 4.69) is 10.3 Å². The third-order valence-corrected chi connectivity index (χ3v) is 5.95. The molecule has 0 unspecified atom stereocenters. The van der Waals surface area contributed by atoms with E-state index in [9.17, 15) is 9.59 Å². The predicted octanol–water partition coefficient (Wildman–Crippen LogP) is 2.70. The lowest BCUT2D eigenvalue weighted by molar-refractivity contribution is -0.136. The molecule has 0 atom stereocenters. The molecule has 0 saturated carbocycles. The number of carbonyl (C=O) groups is 2. The molecule has 0 saturated heterocycles. The zero-order chi connectivity index (χ0) is 19.1. The molecule has 1 aromatic heterocycles. The zero-order valence-electron chi connectivity index (χ0n) is 14.3. The Hall–Kier alpha value is -2.33. The number of carboxylic acids is 1. The molecule has 2 heterocycles. The molecule has 27 heavy (non-hydrogen) atoms. The normalized spacial score (nSPS) is 12.6. The minimum absolute atomic E-state index is 0.127. The van der Waals surface area contributed by atoms with E-state index < -0.39 is 5.97 Å². The Morgan fingerprint density at radius 1 is 1.15 bits per heavy atom. The molecule has 1 aliphatic rings. The first-order chi connectivity index (χ1) is 13.1. The van der Waals surface area contributed by atoms with Crippen LogP contribution in [0, 0.1) is 0 Å². The second kappa shape index (κ2) is 9.56. The highest BCUT2D eigenvalue weighted by Gasteiger charge is 2.20. The van der Waals surface area contributed by atoms with Gasteiger partial charge in [0.2, 0.25) is 0 Å². The lowest BCUT2D eigenvalue weighted by Crippen LogP contribution is -2.26. The number of oxazole rings is 1. The van der Waals surface area contributed by atoms with Crippen molar-refractivity contribution in [1.29, 1.82) is 0 Å². The standard InChI is InChI=1S/C17H18N2O6S2/c20-14(21)3-7-26-27-8-4-18-17(22)15-16(25-10-19-15)11-1-2-12-13(9-11)24-6-5-23-12/h1-2,9-10H,3-8H2,(H,18,22)(H,20,21). The first kappa shape index (κ1) is 19.4. The van der Waals surface area contributed by atoms with Gasteiger partial charge in [-0.25, -0.2) is 4.98 Å². The number of carboxylic acid groups (broad SMARTS) is 1. The van der Waals surface area contributed by atoms with Crippen molar-refractivity contribution in [1.82, 2.24) is 10.3 Å². The minimum Gasteiger partial charge on any atom is -0.486 e. The number of amides is 1. The van der Waals surface area contributed by atoms with E-state index in [1.54, 1.807) is 18.2 Å². The van der Waals surface area contributed by atoms with Crippen LogP contribution in [-0.2, 0) is 4.79 Å². The molecular formula is C17H18N2O6S2. The minimum atomic E-state index is -0.811. The van der Waals surface area contributed by atoms with Crippen LogP contribution >= 0.6 is 21.6 Å². The van der Waals surface area contributed by atoms with Crippen molar-refractivity contribution in [3.8, 4) is 22.8 Å². The van der Waals surface area contributed by atoms with Crippen LogP contribution in [0.15, 0.2) is 29.0 Å². The number of rotatable bonds is 9. The van der Waals surface area contributed by atoms with Crippen molar-refractivity contribution in [2.45, 2.75) is 6.42 Å². The molecule has 3 rings (SSSR count). The van der Waals surface area contributed by atoms with Crippen molar-refractivity contribution >= 4 is 33.5 Å². The van der Waals surface area contributed by atoms with Gasteiger partial charge in [0.25, 0.3) is 5.91 Å². The first-order valence-corrected chi connectivity index (χ1v) is 10.7. The van der Waals surface area contributed by atoms with Gasteiger partial charge in [-0.05, 0) is 18.2 Å². The average Bonchev–Trinajstić information content (AvgIpc) is 3.16. The van der Waals surface area contributed by atoms with Gasteiger partial charge in [-0.3, -0.25) is 9.59 Å². The molecule has 144 valence electrons. The summed E-state index contributed by atoms with van der Waals surface area (Å²) in [5.41, 5.74) is 0.885. The van der Waals surface area contributed by atoms with Crippen LogP contribution in [0.1, 0.15) is 16.9 Å². The Morgan fingerprint density at radius 2 is 1.93 bits per heavy atom. The molecule has 2 N–H and O–H groups in total. The third-order valence-electron chi connectivity index (χ3n) is 3.54. The van der Waals surface area contributed by atoms with Gasteiger partial charge in [0.05, 0.1) is 6.42 Å². The number of carbonyl (C=O) groups excluding carboxylic acids is 1. The molecular weight excluding hydrogens is 392 g/mol. The summed E-state index contributed by atoms with van der Waals surface area (Å²) in [4.78, 5) is 26.8. The van der Waals surface area contributed by atoms with Gasteiger partial charge in [0.15, 0.2) is 29.3 Å². The Bertz CT molecular complexity index is 810. The maximum atomic E-state index is 12.4. The van der Waals surface area contributed by atoms with E-state index in [0.29, 0.717) is 54.1 Å². The van der Waals surface area contributed by atoms with Crippen LogP contribution in [0.25, 0.3) is 11.3 Å². The smallest absolute Gasteiger partial charge is 0.304 e. The monoisotopic (exact) mass is 410 g/mol. The molecule has 1 aliphatic heterocycles. The fraction of sp³-hybridized carbons (Fsp3) is 0.353. The molecule has 8 nitrogen and oxygen atoms in total. The van der Waals surface area contributed by atoms with Crippen molar-refractivity contribution in [3.63, 3.8) is 0 Å². The van der Waals surface area contributed by atoms with Gasteiger partial charge in [-0.2, -0.15) is 0 Å². The number of fused-ring (bicyclic) bond motifs is 1. The number of nitrogens with zero attached hydrogens (tertiary/aromatic N) is 1. The average molecular weight is 410 g/mol. The van der Waals surface area contributed by atoms with Gasteiger partial charge < -0.3 is 24.3 Å². The Labute approximate surface area is 163 Å². The number of benzene rings is 1. The lowest BCUT2D eigenvalue weighted by atomic mass is 10.1. The van der Waals surface area contributed by atoms with E-state index in [0.717, 1.165) is 0 Å². The third kappa shape index (κ3) is 5.33. The van der Waals surface area contributed by atoms with E-state index in [4.69, 9.17) is 19.0 Å². The van der Waals surface area contributed by atoms with Gasteiger partial charge >= 0.3 is 5.97 Å². The van der Waals surface area contributed by atoms with Crippen molar-refractivity contribution in [3.05, 3.63) is 30.3 Å². The second-order valence-corrected chi connectivity index (χ2v) is 8.13. The quantitative estimate of drug-likeness (QED) is 0.476. The summed E-state index contributed by atoms with van der Waals surface area (Å²) in [5.74, 6) is 1.69. The van der Waals surface area contributed by atoms with Crippen LogP contribution in [0.2, 0.25) is 0 Å². The molecule has 1 aromatic carbocycles. The van der Waals surface area contributed by atoms with Crippen LogP contribution in [-0.4, -0.2) is 53.2 Å². The molecule has 0 spiro atoms. The molecule has 0 fully saturated rings. The van der Waals surface area contributed by atoms with Gasteiger partial charge in [-0.15, -0.1) is 0 Å². The molecule has 1 amide bonds. The van der Waals surface area contributed by atoms with Gasteiger partial charge in [-0.1, -0.05) is 21.6 Å². The fourth-order valence-electron chi connectivity index (χ4n) is 2.33. The highest BCUT2D eigenvalue weighted by Crippen LogP contribution is 2.35. The highest BCUT2D eigenvalue weighted by atomic mass is 33.1. The Morgan fingerprint density at radius 3 is 2.74 bits per heavy atom. The van der Waals surface area contributed by atoms with Crippen molar-refractivity contribution < 1.29 is 28.6 Å². The SMILES string of the molecule is O=C(O)CCSSCCNC(=O)c1ncoc1-c1ccc2c(c1)OCCO2. The molecule has 0 radical (unpaired) electrons. The van der Waals surface area contributed by atoms with Crippen molar-refractivity contribution in [2.24, 2.45) is 0 Å². The maximum absolute atomic E-state index is 12.4. The maximum Gasteiger partial charge on any atom is 0.304 e. The van der Waals surface area contributed by atoms with Crippen LogP contribution in [0.5, 0.6) is 11.5 Å². The number of aromatic nitrogens is 1. The second-order valence-electron chi connectivity index (χ2n) is 5.43. The summed E-state index contributed by atoms with van der Waals surface area (Å²) in [6.07, 6.45) is 1.36. The van der Waals surface area contributed by atoms with Crippen LogP contribution in [0.4, 0.5) is 0 Å². The van der Waals surface area contributed by atoms with Gasteiger partial charge in [0.1, 0.15) is 13.2 Å². The van der Waals surface area contributed by atoms with Crippen molar-refractivity contribution in [2.75, 3.05) is 31.3 Å². The summed E-state index contributed by atoms with van der Waals surface area (Å²) in [6, 6.07) is 5.33. The predicted molar refractivity (Wildman–Crippen MR) is 102 cm³/mol. The molecule has 0 bridgehead atoms. The van der Waals surface area contributed by atoms with E-state index in [1.165, 1.54) is 28.0 Å². The highest BCUT2D eigenvalue weighted by molar-refractivity contribution is 8.76. The van der Waals surface area contributed by atoms with E-state index in [-0.39, 0.29) is 18.0 Å². The Balaban J connectivity index is 1.53. The van der Waals surface area contributed by atoms with Gasteiger partial charge in [0, 0.05) is 23.6 Å². The summed E-state index contributed by atoms with van der Waals surface area (Å²) < 4.78 is 16.5. The summed E-state index contributed by atoms with van der Waals surface area (Å²) >= 11 is 0. The summed E-state index contributed by atoms with van der Waals surface area (Å²) in [6.45, 7) is 1.42. The number of hydrogen-bond donors (Lipinski definition) is 2. The van der Waals surface area contributed by atoms with Crippen LogP contribution in [0.3, 0.4) is 0 Å². The van der Waals surface area contributed by atoms with E-state index in [1.807, 2.05) is 0 Å². The Kier molecular flexibility index (Phi) is 6.88. The lowest BCUT2D eigenvalue weighted by Gasteiger charge is -2.18. The largest absolute Gasteiger partial charge is 0.486 e. The number of ether oxygens (including phenoxy) is 2. The van der Waals surface area contributed by atoms with E-state index >= 15 is 0 Å². The number of nitrogens with one attached hydrogen (secondary N) is 1. The summed E-state index contributed by atoms with van der Waals surface area (Å²) in [5, 5.41) is 11.4. The fourth-order valence-corrected chi connectivity index (χ4v) is 4.22.